The summed E-state index contributed by atoms with van der Waals surface area (Å²) in [5.74, 6) is -0.303. The number of halogens is 1. The van der Waals surface area contributed by atoms with Gasteiger partial charge in [-0.25, -0.2) is 8.42 Å². The molecule has 1 fully saturated rings. The fourth-order valence-electron chi connectivity index (χ4n) is 2.87. The minimum absolute atomic E-state index is 0.142. The third kappa shape index (κ3) is 5.53. The molecule has 2 heterocycles. The number of thiophene rings is 1. The first-order chi connectivity index (χ1) is 13.8. The highest BCUT2D eigenvalue weighted by molar-refractivity contribution is 9.11. The summed E-state index contributed by atoms with van der Waals surface area (Å²) in [5.41, 5.74) is 1.52. The number of hydrogen-bond donors (Lipinski definition) is 1. The van der Waals surface area contributed by atoms with Crippen molar-refractivity contribution < 1.29 is 18.0 Å². The summed E-state index contributed by atoms with van der Waals surface area (Å²) in [6.45, 7) is 2.66. The van der Waals surface area contributed by atoms with E-state index in [0.717, 1.165) is 9.35 Å². The summed E-state index contributed by atoms with van der Waals surface area (Å²) in [6, 6.07) is 10.4. The highest BCUT2D eigenvalue weighted by Crippen LogP contribution is 2.29. The first-order valence-corrected chi connectivity index (χ1v) is 11.9. The van der Waals surface area contributed by atoms with Gasteiger partial charge >= 0.3 is 0 Å². The molecule has 1 aliphatic rings. The van der Waals surface area contributed by atoms with Crippen LogP contribution in [0.1, 0.15) is 12.5 Å². The SMILES string of the molecule is CC(=O)Nc1ccc(/C=C/C(=O)N2CCN(S(=O)(=O)c3ccc(Br)s3)CC2)cc1. The number of nitrogens with one attached hydrogen (secondary N) is 1. The number of rotatable bonds is 5. The van der Waals surface area contributed by atoms with E-state index in [1.165, 1.54) is 28.6 Å². The molecule has 1 aromatic carbocycles. The third-order valence-electron chi connectivity index (χ3n) is 4.34. The third-order valence-corrected chi connectivity index (χ3v) is 8.33. The summed E-state index contributed by atoms with van der Waals surface area (Å²) >= 11 is 4.46. The molecule has 29 heavy (non-hydrogen) atoms. The summed E-state index contributed by atoms with van der Waals surface area (Å²) in [5, 5.41) is 2.68. The van der Waals surface area contributed by atoms with Gasteiger partial charge in [0.15, 0.2) is 0 Å². The van der Waals surface area contributed by atoms with E-state index in [1.807, 2.05) is 0 Å². The quantitative estimate of drug-likeness (QED) is 0.643. The number of piperazine rings is 1. The number of hydrogen-bond acceptors (Lipinski definition) is 5. The highest BCUT2D eigenvalue weighted by Gasteiger charge is 2.30. The van der Waals surface area contributed by atoms with E-state index in [4.69, 9.17) is 0 Å². The Morgan fingerprint density at radius 3 is 2.28 bits per heavy atom. The fourth-order valence-corrected chi connectivity index (χ4v) is 6.45. The lowest BCUT2D eigenvalue weighted by atomic mass is 10.2. The number of carbonyl (C=O) groups excluding carboxylic acids is 2. The zero-order valence-corrected chi connectivity index (χ0v) is 18.9. The van der Waals surface area contributed by atoms with Crippen molar-refractivity contribution in [2.45, 2.75) is 11.1 Å². The van der Waals surface area contributed by atoms with Crippen molar-refractivity contribution in [2.24, 2.45) is 0 Å². The lowest BCUT2D eigenvalue weighted by Gasteiger charge is -2.33. The molecule has 0 bridgehead atoms. The average molecular weight is 498 g/mol. The number of nitrogens with zero attached hydrogens (tertiary/aromatic N) is 2. The molecule has 1 aliphatic heterocycles. The van der Waals surface area contributed by atoms with Crippen LogP contribution >= 0.6 is 27.3 Å². The van der Waals surface area contributed by atoms with Gasteiger partial charge in [0, 0.05) is 44.9 Å². The second-order valence-corrected chi connectivity index (χ2v) is 11.1. The smallest absolute Gasteiger partial charge is 0.252 e. The molecular weight excluding hydrogens is 478 g/mol. The van der Waals surface area contributed by atoms with Gasteiger partial charge in [0.05, 0.1) is 3.79 Å². The van der Waals surface area contributed by atoms with E-state index in [0.29, 0.717) is 23.0 Å². The van der Waals surface area contributed by atoms with E-state index in [9.17, 15) is 18.0 Å². The molecule has 154 valence electrons. The van der Waals surface area contributed by atoms with Crippen molar-refractivity contribution in [1.82, 2.24) is 9.21 Å². The Labute approximate surface area is 182 Å². The lowest BCUT2D eigenvalue weighted by molar-refractivity contribution is -0.127. The van der Waals surface area contributed by atoms with Gasteiger partial charge in [0.25, 0.3) is 10.0 Å². The van der Waals surface area contributed by atoms with Crippen LogP contribution in [0.15, 0.2) is 50.5 Å². The van der Waals surface area contributed by atoms with Gasteiger partial charge in [0.2, 0.25) is 11.8 Å². The van der Waals surface area contributed by atoms with Crippen LogP contribution in [0.5, 0.6) is 0 Å². The van der Waals surface area contributed by atoms with Crippen molar-refractivity contribution in [3.63, 3.8) is 0 Å². The lowest BCUT2D eigenvalue weighted by Crippen LogP contribution is -2.50. The monoisotopic (exact) mass is 497 g/mol. The molecule has 0 radical (unpaired) electrons. The first-order valence-electron chi connectivity index (χ1n) is 8.86. The van der Waals surface area contributed by atoms with Crippen LogP contribution in [-0.4, -0.2) is 55.6 Å². The maximum Gasteiger partial charge on any atom is 0.252 e. The number of anilines is 1. The van der Waals surface area contributed by atoms with Gasteiger partial charge in [-0.1, -0.05) is 12.1 Å². The van der Waals surface area contributed by atoms with Crippen LogP contribution in [-0.2, 0) is 19.6 Å². The Kier molecular flexibility index (Phi) is 6.89. The summed E-state index contributed by atoms with van der Waals surface area (Å²) in [6.07, 6.45) is 3.18. The van der Waals surface area contributed by atoms with E-state index in [2.05, 4.69) is 21.2 Å². The maximum atomic E-state index is 12.7. The van der Waals surface area contributed by atoms with E-state index in [1.54, 1.807) is 47.4 Å². The van der Waals surface area contributed by atoms with Gasteiger partial charge in [-0.05, 0) is 51.8 Å². The molecule has 2 amide bonds. The van der Waals surface area contributed by atoms with Crippen LogP contribution in [0.25, 0.3) is 6.08 Å². The standard InChI is InChI=1S/C19H20BrN3O4S2/c1-14(24)21-16-5-2-15(3-6-16)4-8-18(25)22-10-12-23(13-11-22)29(26,27)19-9-7-17(20)28-19/h2-9H,10-13H2,1H3,(H,21,24)/b8-4+. The molecule has 0 unspecified atom stereocenters. The van der Waals surface area contributed by atoms with Crippen molar-refractivity contribution in [3.05, 3.63) is 51.8 Å². The summed E-state index contributed by atoms with van der Waals surface area (Å²) in [7, 11) is -3.52. The zero-order valence-electron chi connectivity index (χ0n) is 15.7. The minimum atomic E-state index is -3.52. The molecule has 3 rings (SSSR count). The van der Waals surface area contributed by atoms with E-state index < -0.39 is 10.0 Å². The largest absolute Gasteiger partial charge is 0.337 e. The summed E-state index contributed by atoms with van der Waals surface area (Å²) < 4.78 is 27.8. The average Bonchev–Trinajstić information content (AvgIpc) is 3.14. The van der Waals surface area contributed by atoms with Gasteiger partial charge in [-0.3, -0.25) is 9.59 Å². The van der Waals surface area contributed by atoms with E-state index >= 15 is 0 Å². The first kappa shape index (κ1) is 21.7. The molecule has 1 saturated heterocycles. The van der Waals surface area contributed by atoms with Crippen molar-refractivity contribution in [3.8, 4) is 0 Å². The number of sulfonamides is 1. The predicted octanol–water partition coefficient (Wildman–Crippen LogP) is 3.02. The fraction of sp³-hybridized carbons (Fsp3) is 0.263. The van der Waals surface area contributed by atoms with Crippen LogP contribution in [0.3, 0.4) is 0 Å². The molecule has 7 nitrogen and oxygen atoms in total. The van der Waals surface area contributed by atoms with Gasteiger partial charge in [-0.2, -0.15) is 4.31 Å². The molecule has 2 aromatic rings. The molecule has 0 atom stereocenters. The maximum absolute atomic E-state index is 12.7. The molecule has 0 aliphatic carbocycles. The van der Waals surface area contributed by atoms with Crippen LogP contribution in [0, 0.1) is 0 Å². The predicted molar refractivity (Wildman–Crippen MR) is 117 cm³/mol. The summed E-state index contributed by atoms with van der Waals surface area (Å²) in [4.78, 5) is 25.1. The van der Waals surface area contributed by atoms with Crippen molar-refractivity contribution >= 4 is 60.9 Å². The van der Waals surface area contributed by atoms with Crippen LogP contribution in [0.2, 0.25) is 0 Å². The van der Waals surface area contributed by atoms with Crippen molar-refractivity contribution in [1.29, 1.82) is 0 Å². The zero-order chi connectivity index (χ0) is 21.0. The van der Waals surface area contributed by atoms with Crippen molar-refractivity contribution in [2.75, 3.05) is 31.5 Å². The molecular formula is C19H20BrN3O4S2. The second-order valence-electron chi connectivity index (χ2n) is 6.42. The van der Waals surface area contributed by atoms with E-state index in [-0.39, 0.29) is 24.9 Å². The molecule has 0 spiro atoms. The van der Waals surface area contributed by atoms with Crippen LogP contribution < -0.4 is 5.32 Å². The molecule has 1 aromatic heterocycles. The Morgan fingerprint density at radius 2 is 1.72 bits per heavy atom. The Hall–Kier alpha value is -2.01. The highest BCUT2D eigenvalue weighted by atomic mass is 79.9. The topological polar surface area (TPSA) is 86.8 Å². The molecule has 10 heteroatoms. The van der Waals surface area contributed by atoms with Gasteiger partial charge in [0.1, 0.15) is 4.21 Å². The minimum Gasteiger partial charge on any atom is -0.337 e. The van der Waals surface area contributed by atoms with Gasteiger partial charge in [-0.15, -0.1) is 11.3 Å². The number of carbonyl (C=O) groups is 2. The van der Waals surface area contributed by atoms with Gasteiger partial charge < -0.3 is 10.2 Å². The Bertz CT molecular complexity index is 1020. The number of amides is 2. The number of benzene rings is 1. The second kappa shape index (κ2) is 9.21. The Morgan fingerprint density at radius 1 is 1.07 bits per heavy atom. The normalized spacial score (nSPS) is 15.6. The molecule has 0 saturated carbocycles. The van der Waals surface area contributed by atoms with Crippen LogP contribution in [0.4, 0.5) is 5.69 Å². The molecule has 1 N–H and O–H groups in total. The Balaban J connectivity index is 1.56.